The number of nitrogens with zero attached hydrogens (tertiary/aromatic N) is 2. The lowest BCUT2D eigenvalue weighted by Crippen LogP contribution is -2.29. The normalized spacial score (nSPS) is 14.8. The summed E-state index contributed by atoms with van der Waals surface area (Å²) in [5, 5.41) is 13.1. The molecule has 0 aliphatic rings. The van der Waals surface area contributed by atoms with Crippen LogP contribution in [0.3, 0.4) is 0 Å². The third-order valence-corrected chi connectivity index (χ3v) is 2.83. The Bertz CT molecular complexity index is 373. The fourth-order valence-corrected chi connectivity index (χ4v) is 1.95. The summed E-state index contributed by atoms with van der Waals surface area (Å²) in [6.45, 7) is 3.85. The Morgan fingerprint density at radius 2 is 2.31 bits per heavy atom. The van der Waals surface area contributed by atoms with Gasteiger partial charge in [0.25, 0.3) is 0 Å². The number of rotatable bonds is 5. The molecule has 2 atom stereocenters. The molecule has 0 saturated carbocycles. The highest BCUT2D eigenvalue weighted by molar-refractivity contribution is 5.68. The van der Waals surface area contributed by atoms with Crippen molar-refractivity contribution in [2.45, 2.75) is 38.6 Å². The van der Waals surface area contributed by atoms with E-state index in [-0.39, 0.29) is 18.4 Å². The van der Waals surface area contributed by atoms with Crippen molar-refractivity contribution in [1.82, 2.24) is 9.78 Å². The zero-order chi connectivity index (χ0) is 12.3. The van der Waals surface area contributed by atoms with Crippen molar-refractivity contribution in [2.24, 2.45) is 12.8 Å². The molecule has 0 fully saturated rings. The van der Waals surface area contributed by atoms with E-state index in [1.165, 1.54) is 0 Å². The van der Waals surface area contributed by atoms with Gasteiger partial charge in [0.2, 0.25) is 0 Å². The number of aryl methyl sites for hydroxylation is 2. The Labute approximate surface area is 95.3 Å². The fraction of sp³-hybridized carbons (Fsp3) is 0.636. The largest absolute Gasteiger partial charge is 0.481 e. The maximum atomic E-state index is 10.8. The van der Waals surface area contributed by atoms with Crippen molar-refractivity contribution in [3.05, 3.63) is 17.5 Å². The molecule has 16 heavy (non-hydrogen) atoms. The molecule has 1 aromatic rings. The highest BCUT2D eigenvalue weighted by Crippen LogP contribution is 2.26. The molecule has 1 heterocycles. The smallest absolute Gasteiger partial charge is 0.304 e. The lowest BCUT2D eigenvalue weighted by atomic mass is 9.88. The van der Waals surface area contributed by atoms with Gasteiger partial charge in [-0.05, 0) is 18.9 Å². The van der Waals surface area contributed by atoms with Crippen LogP contribution < -0.4 is 5.73 Å². The lowest BCUT2D eigenvalue weighted by molar-refractivity contribution is -0.137. The second-order valence-corrected chi connectivity index (χ2v) is 4.12. The van der Waals surface area contributed by atoms with Gasteiger partial charge in [-0.3, -0.25) is 9.48 Å². The van der Waals surface area contributed by atoms with E-state index >= 15 is 0 Å². The highest BCUT2D eigenvalue weighted by Gasteiger charge is 2.24. The van der Waals surface area contributed by atoms with Gasteiger partial charge in [0.05, 0.1) is 12.1 Å². The average Bonchev–Trinajstić information content (AvgIpc) is 2.53. The molecule has 90 valence electrons. The summed E-state index contributed by atoms with van der Waals surface area (Å²) < 4.78 is 1.70. The van der Waals surface area contributed by atoms with Crippen LogP contribution in [-0.4, -0.2) is 26.9 Å². The van der Waals surface area contributed by atoms with E-state index in [2.05, 4.69) is 5.10 Å². The monoisotopic (exact) mass is 225 g/mol. The van der Waals surface area contributed by atoms with E-state index in [4.69, 9.17) is 10.8 Å². The van der Waals surface area contributed by atoms with Crippen molar-refractivity contribution in [1.29, 1.82) is 0 Å². The maximum absolute atomic E-state index is 10.8. The molecule has 5 nitrogen and oxygen atoms in total. The first-order valence-corrected chi connectivity index (χ1v) is 5.43. The van der Waals surface area contributed by atoms with E-state index in [1.807, 2.05) is 27.1 Å². The van der Waals surface area contributed by atoms with Crippen molar-refractivity contribution < 1.29 is 9.90 Å². The first kappa shape index (κ1) is 12.7. The number of carbonyl (C=O) groups is 1. The van der Waals surface area contributed by atoms with Gasteiger partial charge in [0.1, 0.15) is 0 Å². The molecule has 0 aliphatic carbocycles. The summed E-state index contributed by atoms with van der Waals surface area (Å²) in [7, 11) is 1.83. The number of aliphatic carboxylic acids is 1. The van der Waals surface area contributed by atoms with Crippen LogP contribution in [0.25, 0.3) is 0 Å². The number of aromatic nitrogens is 2. The minimum atomic E-state index is -0.822. The highest BCUT2D eigenvalue weighted by atomic mass is 16.4. The van der Waals surface area contributed by atoms with Crippen LogP contribution in [0.15, 0.2) is 6.20 Å². The summed E-state index contributed by atoms with van der Waals surface area (Å²) in [6.07, 6.45) is 2.67. The molecule has 0 amide bonds. The van der Waals surface area contributed by atoms with Gasteiger partial charge in [0, 0.05) is 25.2 Å². The standard InChI is InChI=1S/C11H19N3O2/c1-4-10(12)8(5-11(15)16)9-6-14(3)13-7(9)2/h6,8,10H,4-5,12H2,1-3H3,(H,15,16). The molecular weight excluding hydrogens is 206 g/mol. The van der Waals surface area contributed by atoms with Gasteiger partial charge >= 0.3 is 5.97 Å². The van der Waals surface area contributed by atoms with Crippen LogP contribution in [0.4, 0.5) is 0 Å². The van der Waals surface area contributed by atoms with E-state index in [0.717, 1.165) is 17.7 Å². The van der Waals surface area contributed by atoms with E-state index < -0.39 is 5.97 Å². The second kappa shape index (κ2) is 5.12. The van der Waals surface area contributed by atoms with Crippen molar-refractivity contribution in [3.8, 4) is 0 Å². The minimum absolute atomic E-state index is 0.0571. The van der Waals surface area contributed by atoms with Gasteiger partial charge < -0.3 is 10.8 Å². The lowest BCUT2D eigenvalue weighted by Gasteiger charge is -2.20. The number of nitrogens with two attached hydrogens (primary N) is 1. The molecule has 1 aromatic heterocycles. The molecule has 0 aliphatic heterocycles. The van der Waals surface area contributed by atoms with Crippen LogP contribution in [0.2, 0.25) is 0 Å². The van der Waals surface area contributed by atoms with Crippen molar-refractivity contribution in [2.75, 3.05) is 0 Å². The number of hydrogen-bond acceptors (Lipinski definition) is 3. The Morgan fingerprint density at radius 3 is 2.69 bits per heavy atom. The maximum Gasteiger partial charge on any atom is 0.304 e. The van der Waals surface area contributed by atoms with E-state index in [0.29, 0.717) is 0 Å². The van der Waals surface area contributed by atoms with Gasteiger partial charge in [-0.1, -0.05) is 6.92 Å². The first-order chi connectivity index (χ1) is 7.45. The molecule has 2 unspecified atom stereocenters. The van der Waals surface area contributed by atoms with Crippen molar-refractivity contribution >= 4 is 5.97 Å². The minimum Gasteiger partial charge on any atom is -0.481 e. The zero-order valence-electron chi connectivity index (χ0n) is 9.97. The molecule has 0 spiro atoms. The average molecular weight is 225 g/mol. The molecule has 0 bridgehead atoms. The van der Waals surface area contributed by atoms with Crippen LogP contribution >= 0.6 is 0 Å². The molecule has 5 heteroatoms. The van der Waals surface area contributed by atoms with Gasteiger partial charge in [-0.25, -0.2) is 0 Å². The van der Waals surface area contributed by atoms with Gasteiger partial charge in [-0.2, -0.15) is 5.10 Å². The third-order valence-electron chi connectivity index (χ3n) is 2.83. The van der Waals surface area contributed by atoms with E-state index in [9.17, 15) is 4.79 Å². The third kappa shape index (κ3) is 2.82. The van der Waals surface area contributed by atoms with Crippen LogP contribution in [0, 0.1) is 6.92 Å². The number of carboxylic acid groups (broad SMARTS) is 1. The fourth-order valence-electron chi connectivity index (χ4n) is 1.95. The summed E-state index contributed by atoms with van der Waals surface area (Å²) in [6, 6.07) is -0.140. The molecular formula is C11H19N3O2. The second-order valence-electron chi connectivity index (χ2n) is 4.12. The summed E-state index contributed by atoms with van der Waals surface area (Å²) in [5.74, 6) is -0.978. The topological polar surface area (TPSA) is 81.1 Å². The molecule has 1 rings (SSSR count). The van der Waals surface area contributed by atoms with Crippen LogP contribution in [0.5, 0.6) is 0 Å². The number of carboxylic acids is 1. The summed E-state index contributed by atoms with van der Waals surface area (Å²) >= 11 is 0. The Balaban J connectivity index is 3.00. The van der Waals surface area contributed by atoms with Gasteiger partial charge in [-0.15, -0.1) is 0 Å². The Morgan fingerprint density at radius 1 is 1.69 bits per heavy atom. The SMILES string of the molecule is CCC(N)C(CC(=O)O)c1cn(C)nc1C. The molecule has 0 saturated heterocycles. The van der Waals surface area contributed by atoms with E-state index in [1.54, 1.807) is 4.68 Å². The quantitative estimate of drug-likeness (QED) is 0.784. The summed E-state index contributed by atoms with van der Waals surface area (Å²) in [5.41, 5.74) is 7.78. The predicted molar refractivity (Wildman–Crippen MR) is 61.2 cm³/mol. The Hall–Kier alpha value is -1.36. The predicted octanol–water partition coefficient (Wildman–Crippen LogP) is 1.02. The molecule has 0 radical (unpaired) electrons. The molecule has 3 N–H and O–H groups in total. The first-order valence-electron chi connectivity index (χ1n) is 5.43. The van der Waals surface area contributed by atoms with Crippen molar-refractivity contribution in [3.63, 3.8) is 0 Å². The molecule has 0 aromatic carbocycles. The summed E-state index contributed by atoms with van der Waals surface area (Å²) in [4.78, 5) is 10.8. The van der Waals surface area contributed by atoms with Gasteiger partial charge in [0.15, 0.2) is 0 Å². The number of hydrogen-bond donors (Lipinski definition) is 2. The van der Waals surface area contributed by atoms with Crippen LogP contribution in [0.1, 0.15) is 36.9 Å². The van der Waals surface area contributed by atoms with Crippen LogP contribution in [-0.2, 0) is 11.8 Å². The Kier molecular flexibility index (Phi) is 4.06. The zero-order valence-corrected chi connectivity index (χ0v) is 9.97.